The van der Waals surface area contributed by atoms with Gasteiger partial charge in [-0.3, -0.25) is 4.79 Å². The van der Waals surface area contributed by atoms with Crippen molar-refractivity contribution in [1.29, 1.82) is 0 Å². The maximum absolute atomic E-state index is 12.8. The SMILES string of the molecule is COc1ccc(Br)cc1/C=c1/sc2nc(-c3ccccc3OC)nn2c1=O. The number of hydrogen-bond donors (Lipinski definition) is 0. The maximum Gasteiger partial charge on any atom is 0.291 e. The lowest BCUT2D eigenvalue weighted by molar-refractivity contribution is 0.413. The van der Waals surface area contributed by atoms with Crippen LogP contribution >= 0.6 is 27.3 Å². The molecule has 2 aromatic heterocycles. The predicted octanol–water partition coefficient (Wildman–Crippen LogP) is 3.15. The number of methoxy groups -OCH3 is 2. The van der Waals surface area contributed by atoms with Crippen LogP contribution in [0.15, 0.2) is 51.7 Å². The van der Waals surface area contributed by atoms with Crippen LogP contribution in [-0.4, -0.2) is 28.8 Å². The molecule has 0 aliphatic heterocycles. The highest BCUT2D eigenvalue weighted by Gasteiger charge is 2.15. The van der Waals surface area contributed by atoms with Crippen LogP contribution in [0.2, 0.25) is 0 Å². The number of fused-ring (bicyclic) bond motifs is 1. The van der Waals surface area contributed by atoms with Gasteiger partial charge >= 0.3 is 0 Å². The van der Waals surface area contributed by atoms with Crippen LogP contribution in [0.4, 0.5) is 0 Å². The van der Waals surface area contributed by atoms with Crippen LogP contribution in [0.3, 0.4) is 0 Å². The van der Waals surface area contributed by atoms with E-state index in [4.69, 9.17) is 9.47 Å². The number of rotatable bonds is 4. The molecule has 0 radical (unpaired) electrons. The second-order valence-electron chi connectivity index (χ2n) is 5.63. The van der Waals surface area contributed by atoms with Gasteiger partial charge in [-0.2, -0.15) is 9.50 Å². The van der Waals surface area contributed by atoms with Gasteiger partial charge < -0.3 is 9.47 Å². The number of thiazole rings is 1. The van der Waals surface area contributed by atoms with Crippen LogP contribution in [0, 0.1) is 0 Å². The van der Waals surface area contributed by atoms with Crippen LogP contribution in [-0.2, 0) is 0 Å². The van der Waals surface area contributed by atoms with Crippen molar-refractivity contribution in [3.05, 3.63) is 67.4 Å². The Kier molecular flexibility index (Phi) is 4.67. The van der Waals surface area contributed by atoms with Crippen molar-refractivity contribution in [2.45, 2.75) is 0 Å². The zero-order valence-electron chi connectivity index (χ0n) is 14.5. The van der Waals surface area contributed by atoms with Crippen molar-refractivity contribution in [3.8, 4) is 22.9 Å². The lowest BCUT2D eigenvalue weighted by Gasteiger charge is -2.04. The first-order valence-corrected chi connectivity index (χ1v) is 9.60. The predicted molar refractivity (Wildman–Crippen MR) is 109 cm³/mol. The number of halogens is 1. The molecule has 2 heterocycles. The second-order valence-corrected chi connectivity index (χ2v) is 7.56. The average Bonchev–Trinajstić information content (AvgIpc) is 3.22. The van der Waals surface area contributed by atoms with E-state index in [1.165, 1.54) is 15.9 Å². The summed E-state index contributed by atoms with van der Waals surface area (Å²) in [5.41, 5.74) is 1.33. The van der Waals surface area contributed by atoms with Crippen molar-refractivity contribution in [3.63, 3.8) is 0 Å². The summed E-state index contributed by atoms with van der Waals surface area (Å²) >= 11 is 4.72. The maximum atomic E-state index is 12.8. The van der Waals surface area contributed by atoms with Crippen molar-refractivity contribution < 1.29 is 9.47 Å². The van der Waals surface area contributed by atoms with E-state index in [9.17, 15) is 4.79 Å². The fraction of sp³-hybridized carbons (Fsp3) is 0.105. The number of hydrogen-bond acceptors (Lipinski definition) is 6. The molecular formula is C19H14BrN3O3S. The van der Waals surface area contributed by atoms with Gasteiger partial charge in [0.25, 0.3) is 5.56 Å². The largest absolute Gasteiger partial charge is 0.496 e. The van der Waals surface area contributed by atoms with Gasteiger partial charge in [0, 0.05) is 10.0 Å². The normalized spacial score (nSPS) is 11.9. The minimum Gasteiger partial charge on any atom is -0.496 e. The van der Waals surface area contributed by atoms with Gasteiger partial charge in [-0.05, 0) is 36.4 Å². The van der Waals surface area contributed by atoms with E-state index >= 15 is 0 Å². The van der Waals surface area contributed by atoms with E-state index in [0.717, 1.165) is 15.6 Å². The molecule has 4 aromatic rings. The summed E-state index contributed by atoms with van der Waals surface area (Å²) in [5, 5.41) is 4.38. The second kappa shape index (κ2) is 7.13. The van der Waals surface area contributed by atoms with Crippen molar-refractivity contribution in [2.75, 3.05) is 14.2 Å². The third kappa shape index (κ3) is 3.22. The minimum atomic E-state index is -0.217. The Hall–Kier alpha value is -2.71. The van der Waals surface area contributed by atoms with Crippen LogP contribution < -0.4 is 19.6 Å². The minimum absolute atomic E-state index is 0.217. The summed E-state index contributed by atoms with van der Waals surface area (Å²) in [6.45, 7) is 0. The van der Waals surface area contributed by atoms with Crippen molar-refractivity contribution in [2.24, 2.45) is 0 Å². The molecule has 6 nitrogen and oxygen atoms in total. The zero-order valence-corrected chi connectivity index (χ0v) is 16.9. The Morgan fingerprint density at radius 3 is 2.63 bits per heavy atom. The van der Waals surface area contributed by atoms with Crippen molar-refractivity contribution in [1.82, 2.24) is 14.6 Å². The zero-order chi connectivity index (χ0) is 19.0. The molecule has 0 amide bonds. The van der Waals surface area contributed by atoms with Crippen molar-refractivity contribution >= 4 is 38.3 Å². The molecule has 2 aromatic carbocycles. The third-order valence-corrected chi connectivity index (χ3v) is 5.46. The molecule has 0 aliphatic rings. The molecule has 0 atom stereocenters. The van der Waals surface area contributed by atoms with Gasteiger partial charge in [0.15, 0.2) is 5.82 Å². The molecule has 0 bridgehead atoms. The fourth-order valence-corrected chi connectivity index (χ4v) is 4.01. The van der Waals surface area contributed by atoms with Gasteiger partial charge in [0.2, 0.25) is 4.96 Å². The number of ether oxygens (including phenoxy) is 2. The summed E-state index contributed by atoms with van der Waals surface area (Å²) in [5.74, 6) is 1.81. The number of benzene rings is 2. The van der Waals surface area contributed by atoms with E-state index in [2.05, 4.69) is 26.0 Å². The van der Waals surface area contributed by atoms with E-state index in [1.807, 2.05) is 42.5 Å². The van der Waals surface area contributed by atoms with Gasteiger partial charge in [0.05, 0.1) is 24.3 Å². The summed E-state index contributed by atoms with van der Waals surface area (Å²) in [7, 11) is 3.19. The lowest BCUT2D eigenvalue weighted by Crippen LogP contribution is -2.23. The molecule has 0 saturated heterocycles. The van der Waals surface area contributed by atoms with E-state index in [0.29, 0.717) is 26.8 Å². The van der Waals surface area contributed by atoms with E-state index < -0.39 is 0 Å². The average molecular weight is 444 g/mol. The van der Waals surface area contributed by atoms with Gasteiger partial charge in [-0.1, -0.05) is 39.4 Å². The number of para-hydroxylation sites is 1. The summed E-state index contributed by atoms with van der Waals surface area (Å²) < 4.78 is 13.5. The van der Waals surface area contributed by atoms with Gasteiger partial charge in [-0.15, -0.1) is 5.10 Å². The highest BCUT2D eigenvalue weighted by molar-refractivity contribution is 9.10. The number of aromatic nitrogens is 3. The van der Waals surface area contributed by atoms with E-state index in [-0.39, 0.29) is 5.56 Å². The number of nitrogens with zero attached hydrogens (tertiary/aromatic N) is 3. The Balaban J connectivity index is 1.85. The first-order valence-electron chi connectivity index (χ1n) is 7.99. The molecule has 0 unspecified atom stereocenters. The monoisotopic (exact) mass is 443 g/mol. The molecule has 0 N–H and O–H groups in total. The van der Waals surface area contributed by atoms with Crippen LogP contribution in [0.1, 0.15) is 5.56 Å². The molecular weight excluding hydrogens is 430 g/mol. The molecule has 8 heteroatoms. The molecule has 27 heavy (non-hydrogen) atoms. The summed E-state index contributed by atoms with van der Waals surface area (Å²) in [6.07, 6.45) is 1.79. The highest BCUT2D eigenvalue weighted by atomic mass is 79.9. The fourth-order valence-electron chi connectivity index (χ4n) is 2.74. The third-order valence-electron chi connectivity index (χ3n) is 4.01. The first kappa shape index (κ1) is 17.7. The van der Waals surface area contributed by atoms with Crippen LogP contribution in [0.25, 0.3) is 22.4 Å². The Bertz CT molecular complexity index is 1250. The lowest BCUT2D eigenvalue weighted by atomic mass is 10.2. The molecule has 0 aliphatic carbocycles. The summed E-state index contributed by atoms with van der Waals surface area (Å²) in [4.78, 5) is 17.8. The van der Waals surface area contributed by atoms with Gasteiger partial charge in [-0.25, -0.2) is 0 Å². The quantitative estimate of drug-likeness (QED) is 0.484. The molecule has 0 fully saturated rings. The van der Waals surface area contributed by atoms with Crippen LogP contribution in [0.5, 0.6) is 11.5 Å². The Morgan fingerprint density at radius 1 is 1.11 bits per heavy atom. The molecule has 4 rings (SSSR count). The topological polar surface area (TPSA) is 65.7 Å². The smallest absolute Gasteiger partial charge is 0.291 e. The molecule has 136 valence electrons. The first-order chi connectivity index (χ1) is 13.1. The summed E-state index contributed by atoms with van der Waals surface area (Å²) in [6, 6.07) is 13.1. The highest BCUT2D eigenvalue weighted by Crippen LogP contribution is 2.27. The molecule has 0 saturated carbocycles. The van der Waals surface area contributed by atoms with Gasteiger partial charge in [0.1, 0.15) is 11.5 Å². The standard InChI is InChI=1S/C19H14BrN3O3S/c1-25-14-8-7-12(20)9-11(14)10-16-18(24)23-19(27-16)21-17(22-23)13-5-3-4-6-15(13)26-2/h3-10H,1-2H3/b16-10+. The Morgan fingerprint density at radius 2 is 1.89 bits per heavy atom. The Labute approximate surface area is 166 Å². The molecule has 0 spiro atoms. The van der Waals surface area contributed by atoms with E-state index in [1.54, 1.807) is 20.3 Å².